The summed E-state index contributed by atoms with van der Waals surface area (Å²) >= 11 is 3.26. The second-order valence-corrected chi connectivity index (χ2v) is 8.38. The normalized spacial score (nSPS) is 12.1. The fourth-order valence-corrected chi connectivity index (χ4v) is 2.42. The Labute approximate surface area is 128 Å². The standard InChI is InChI=1S/C13H18BrNO4S/c1-13(2,3)9-12(16)19-15(20(4,17)18)11-7-5-10(14)6-8-11/h5-8H,9H2,1-4H3. The molecule has 5 nitrogen and oxygen atoms in total. The molecule has 0 aliphatic heterocycles. The van der Waals surface area contributed by atoms with Gasteiger partial charge in [-0.05, 0) is 29.7 Å². The van der Waals surface area contributed by atoms with Crippen LogP contribution < -0.4 is 4.47 Å². The molecule has 20 heavy (non-hydrogen) atoms. The topological polar surface area (TPSA) is 63.7 Å². The van der Waals surface area contributed by atoms with Crippen LogP contribution in [0.4, 0.5) is 5.69 Å². The first-order valence-corrected chi connectivity index (χ1v) is 8.60. The number of anilines is 1. The average Bonchev–Trinajstić information content (AvgIpc) is 2.23. The summed E-state index contributed by atoms with van der Waals surface area (Å²) in [7, 11) is -3.71. The molecule has 0 aromatic heterocycles. The molecule has 0 unspecified atom stereocenters. The van der Waals surface area contributed by atoms with Gasteiger partial charge in [0.15, 0.2) is 0 Å². The molecule has 0 bridgehead atoms. The van der Waals surface area contributed by atoms with Gasteiger partial charge in [0.25, 0.3) is 10.0 Å². The SMILES string of the molecule is CC(C)(C)CC(=O)ON(c1ccc(Br)cc1)S(C)(=O)=O. The third-order valence-electron chi connectivity index (χ3n) is 2.20. The molecule has 0 fully saturated rings. The number of carbonyl (C=O) groups is 1. The molecule has 1 rings (SSSR count). The number of sulfonamides is 1. The summed E-state index contributed by atoms with van der Waals surface area (Å²) in [5, 5.41) is 0. The molecule has 1 aromatic carbocycles. The molecule has 0 N–H and O–H groups in total. The Morgan fingerprint density at radius 3 is 2.15 bits per heavy atom. The molecular weight excluding hydrogens is 346 g/mol. The number of hydrogen-bond acceptors (Lipinski definition) is 4. The van der Waals surface area contributed by atoms with Crippen LogP contribution in [0.5, 0.6) is 0 Å². The number of benzene rings is 1. The Hall–Kier alpha value is -1.08. The highest BCUT2D eigenvalue weighted by Crippen LogP contribution is 2.24. The smallest absolute Gasteiger partial charge is 0.326 e. The molecule has 0 aliphatic carbocycles. The van der Waals surface area contributed by atoms with Gasteiger partial charge in [0.05, 0.1) is 18.4 Å². The second-order valence-electron chi connectivity index (χ2n) is 5.67. The summed E-state index contributed by atoms with van der Waals surface area (Å²) in [6.07, 6.45) is 1.11. The van der Waals surface area contributed by atoms with Crippen molar-refractivity contribution in [3.63, 3.8) is 0 Å². The van der Waals surface area contributed by atoms with Crippen molar-refractivity contribution < 1.29 is 18.0 Å². The zero-order valence-electron chi connectivity index (χ0n) is 11.9. The molecule has 7 heteroatoms. The van der Waals surface area contributed by atoms with Gasteiger partial charge in [-0.1, -0.05) is 41.2 Å². The van der Waals surface area contributed by atoms with Gasteiger partial charge in [-0.25, -0.2) is 13.2 Å². The van der Waals surface area contributed by atoms with E-state index in [9.17, 15) is 13.2 Å². The van der Waals surface area contributed by atoms with Crippen LogP contribution >= 0.6 is 15.9 Å². The van der Waals surface area contributed by atoms with Crippen molar-refractivity contribution in [3.05, 3.63) is 28.7 Å². The van der Waals surface area contributed by atoms with E-state index < -0.39 is 16.0 Å². The van der Waals surface area contributed by atoms with Crippen LogP contribution in [-0.2, 0) is 19.7 Å². The van der Waals surface area contributed by atoms with Crippen LogP contribution in [0.3, 0.4) is 0 Å². The van der Waals surface area contributed by atoms with Crippen molar-refractivity contribution in [2.45, 2.75) is 27.2 Å². The van der Waals surface area contributed by atoms with Crippen molar-refractivity contribution in [1.82, 2.24) is 0 Å². The van der Waals surface area contributed by atoms with E-state index in [1.54, 1.807) is 24.3 Å². The maximum Gasteiger partial charge on any atom is 0.334 e. The highest BCUT2D eigenvalue weighted by Gasteiger charge is 2.25. The predicted molar refractivity (Wildman–Crippen MR) is 81.6 cm³/mol. The lowest BCUT2D eigenvalue weighted by Crippen LogP contribution is -2.33. The molecule has 0 radical (unpaired) electrons. The molecule has 0 saturated heterocycles. The third-order valence-corrected chi connectivity index (χ3v) is 3.61. The molecule has 0 spiro atoms. The van der Waals surface area contributed by atoms with Crippen LogP contribution in [0.15, 0.2) is 28.7 Å². The van der Waals surface area contributed by atoms with Crippen LogP contribution in [0, 0.1) is 5.41 Å². The van der Waals surface area contributed by atoms with E-state index in [0.29, 0.717) is 4.47 Å². The lowest BCUT2D eigenvalue weighted by Gasteiger charge is -2.23. The highest BCUT2D eigenvalue weighted by molar-refractivity contribution is 9.10. The van der Waals surface area contributed by atoms with Crippen LogP contribution in [0.1, 0.15) is 27.2 Å². The van der Waals surface area contributed by atoms with Gasteiger partial charge in [-0.3, -0.25) is 0 Å². The van der Waals surface area contributed by atoms with Crippen LogP contribution in [-0.4, -0.2) is 20.6 Å². The van der Waals surface area contributed by atoms with Gasteiger partial charge in [-0.15, -0.1) is 0 Å². The van der Waals surface area contributed by atoms with Gasteiger partial charge < -0.3 is 4.84 Å². The Bertz CT molecular complexity index is 575. The minimum atomic E-state index is -3.71. The van der Waals surface area contributed by atoms with Crippen molar-refractivity contribution in [3.8, 4) is 0 Å². The summed E-state index contributed by atoms with van der Waals surface area (Å²) in [5.41, 5.74) is -0.00192. The minimum Gasteiger partial charge on any atom is -0.326 e. The molecule has 112 valence electrons. The van der Waals surface area contributed by atoms with Crippen LogP contribution in [0.2, 0.25) is 0 Å². The van der Waals surface area contributed by atoms with E-state index in [1.807, 2.05) is 20.8 Å². The molecular formula is C13H18BrNO4S. The molecule has 0 atom stereocenters. The Kier molecular flexibility index (Phi) is 5.21. The van der Waals surface area contributed by atoms with E-state index in [2.05, 4.69) is 15.9 Å². The summed E-state index contributed by atoms with van der Waals surface area (Å²) in [5.74, 6) is -0.592. The number of rotatable bonds is 4. The average molecular weight is 364 g/mol. The van der Waals surface area contributed by atoms with E-state index >= 15 is 0 Å². The maximum atomic E-state index is 11.8. The van der Waals surface area contributed by atoms with Crippen molar-refractivity contribution in [2.24, 2.45) is 5.41 Å². The number of carbonyl (C=O) groups excluding carboxylic acids is 1. The number of hydrogen-bond donors (Lipinski definition) is 0. The summed E-state index contributed by atoms with van der Waals surface area (Å²) < 4.78 is 25.0. The lowest BCUT2D eigenvalue weighted by molar-refractivity contribution is -0.145. The maximum absolute atomic E-state index is 11.8. The van der Waals surface area contributed by atoms with Gasteiger partial charge in [0.1, 0.15) is 0 Å². The minimum absolute atomic E-state index is 0.121. The quantitative estimate of drug-likeness (QED) is 0.771. The lowest BCUT2D eigenvalue weighted by atomic mass is 9.93. The molecule has 0 saturated carbocycles. The van der Waals surface area contributed by atoms with Gasteiger partial charge >= 0.3 is 5.97 Å². The van der Waals surface area contributed by atoms with E-state index in [4.69, 9.17) is 4.84 Å². The fourth-order valence-electron chi connectivity index (χ4n) is 1.43. The first-order chi connectivity index (χ1) is 8.99. The van der Waals surface area contributed by atoms with E-state index in [1.165, 1.54) is 0 Å². The number of nitrogens with zero attached hydrogens (tertiary/aromatic N) is 1. The zero-order valence-corrected chi connectivity index (χ0v) is 14.3. The second kappa shape index (κ2) is 6.13. The monoisotopic (exact) mass is 363 g/mol. The van der Waals surface area contributed by atoms with Crippen molar-refractivity contribution in [1.29, 1.82) is 0 Å². The van der Waals surface area contributed by atoms with Crippen molar-refractivity contribution >= 4 is 37.6 Å². The highest BCUT2D eigenvalue weighted by atomic mass is 79.9. The fraction of sp³-hybridized carbons (Fsp3) is 0.462. The summed E-state index contributed by atoms with van der Waals surface area (Å²) in [6.45, 7) is 5.62. The summed E-state index contributed by atoms with van der Waals surface area (Å²) in [6, 6.07) is 6.45. The van der Waals surface area contributed by atoms with Gasteiger partial charge in [0, 0.05) is 4.47 Å². The first-order valence-electron chi connectivity index (χ1n) is 5.96. The molecule has 0 aliphatic rings. The predicted octanol–water partition coefficient (Wildman–Crippen LogP) is 3.11. The number of halogens is 1. The first kappa shape index (κ1) is 17.0. The molecule has 0 heterocycles. The largest absolute Gasteiger partial charge is 0.334 e. The molecule has 1 aromatic rings. The van der Waals surface area contributed by atoms with Gasteiger partial charge in [-0.2, -0.15) is 0 Å². The van der Waals surface area contributed by atoms with Gasteiger partial charge in [0.2, 0.25) is 0 Å². The van der Waals surface area contributed by atoms with E-state index in [0.717, 1.165) is 10.7 Å². The Balaban J connectivity index is 2.98. The van der Waals surface area contributed by atoms with Crippen molar-refractivity contribution in [2.75, 3.05) is 10.7 Å². The zero-order chi connectivity index (χ0) is 15.6. The summed E-state index contributed by atoms with van der Waals surface area (Å²) in [4.78, 5) is 16.8. The van der Waals surface area contributed by atoms with E-state index in [-0.39, 0.29) is 17.5 Å². The Morgan fingerprint density at radius 1 is 1.25 bits per heavy atom. The third kappa shape index (κ3) is 5.50. The van der Waals surface area contributed by atoms with Crippen LogP contribution in [0.25, 0.3) is 0 Å². The Morgan fingerprint density at radius 2 is 1.75 bits per heavy atom. The molecule has 0 amide bonds.